The van der Waals surface area contributed by atoms with Crippen LogP contribution in [0.15, 0.2) is 18.2 Å². The van der Waals surface area contributed by atoms with Crippen molar-refractivity contribution in [1.29, 1.82) is 0 Å². The molecule has 0 radical (unpaired) electrons. The predicted octanol–water partition coefficient (Wildman–Crippen LogP) is 1.97. The lowest BCUT2D eigenvalue weighted by atomic mass is 9.94. The van der Waals surface area contributed by atoms with Crippen molar-refractivity contribution < 1.29 is 32.5 Å². The second-order valence-corrected chi connectivity index (χ2v) is 3.59. The summed E-state index contributed by atoms with van der Waals surface area (Å²) in [6.07, 6.45) is -5.11. The van der Waals surface area contributed by atoms with Gasteiger partial charge in [-0.3, -0.25) is 0 Å². The van der Waals surface area contributed by atoms with Crippen LogP contribution in [0, 0.1) is 5.82 Å². The standard InChI is InChI=1S/C11H12F4O3/c1-2-18-9-4-3-7(5-8(9)12)10(17,6-16)11(13,14)15/h3-5,16-17H,2,6H2,1H3. The van der Waals surface area contributed by atoms with Crippen LogP contribution in [-0.2, 0) is 5.60 Å². The summed E-state index contributed by atoms with van der Waals surface area (Å²) >= 11 is 0. The van der Waals surface area contributed by atoms with Crippen LogP contribution in [-0.4, -0.2) is 29.6 Å². The van der Waals surface area contributed by atoms with E-state index in [1.165, 1.54) is 0 Å². The Balaban J connectivity index is 3.21. The maximum atomic E-state index is 13.4. The van der Waals surface area contributed by atoms with Crippen molar-refractivity contribution in [2.45, 2.75) is 18.7 Å². The van der Waals surface area contributed by atoms with E-state index >= 15 is 0 Å². The van der Waals surface area contributed by atoms with Gasteiger partial charge in [0.1, 0.15) is 0 Å². The summed E-state index contributed by atoms with van der Waals surface area (Å²) in [5.41, 5.74) is -4.27. The molecule has 0 fully saturated rings. The molecule has 1 unspecified atom stereocenters. The molecule has 0 bridgehead atoms. The summed E-state index contributed by atoms with van der Waals surface area (Å²) in [5, 5.41) is 18.1. The number of aliphatic hydroxyl groups excluding tert-OH is 1. The van der Waals surface area contributed by atoms with Crippen molar-refractivity contribution in [1.82, 2.24) is 0 Å². The van der Waals surface area contributed by atoms with Gasteiger partial charge < -0.3 is 14.9 Å². The van der Waals surface area contributed by atoms with Gasteiger partial charge in [-0.25, -0.2) is 4.39 Å². The summed E-state index contributed by atoms with van der Waals surface area (Å²) in [6, 6.07) is 2.33. The van der Waals surface area contributed by atoms with Gasteiger partial charge >= 0.3 is 6.18 Å². The van der Waals surface area contributed by atoms with Crippen molar-refractivity contribution in [3.05, 3.63) is 29.6 Å². The van der Waals surface area contributed by atoms with Crippen LogP contribution < -0.4 is 4.74 Å². The Hall–Kier alpha value is -1.34. The number of alkyl halides is 3. The number of hydrogen-bond acceptors (Lipinski definition) is 3. The second kappa shape index (κ2) is 5.11. The van der Waals surface area contributed by atoms with E-state index < -0.39 is 29.8 Å². The van der Waals surface area contributed by atoms with Gasteiger partial charge in [0.25, 0.3) is 0 Å². The van der Waals surface area contributed by atoms with Crippen LogP contribution in [0.2, 0.25) is 0 Å². The van der Waals surface area contributed by atoms with Gasteiger partial charge in [-0.2, -0.15) is 13.2 Å². The monoisotopic (exact) mass is 268 g/mol. The van der Waals surface area contributed by atoms with Crippen molar-refractivity contribution >= 4 is 0 Å². The van der Waals surface area contributed by atoms with Gasteiger partial charge in [0.05, 0.1) is 13.2 Å². The fourth-order valence-electron chi connectivity index (χ4n) is 1.38. The van der Waals surface area contributed by atoms with E-state index in [0.29, 0.717) is 6.07 Å². The fraction of sp³-hybridized carbons (Fsp3) is 0.455. The molecule has 0 saturated carbocycles. The van der Waals surface area contributed by atoms with E-state index in [9.17, 15) is 22.7 Å². The number of aliphatic hydroxyl groups is 2. The van der Waals surface area contributed by atoms with Crippen molar-refractivity contribution in [3.63, 3.8) is 0 Å². The molecule has 0 amide bonds. The van der Waals surface area contributed by atoms with E-state index in [0.717, 1.165) is 12.1 Å². The smallest absolute Gasteiger partial charge is 0.423 e. The van der Waals surface area contributed by atoms with Crippen molar-refractivity contribution in [2.24, 2.45) is 0 Å². The molecule has 18 heavy (non-hydrogen) atoms. The molecule has 0 aliphatic heterocycles. The summed E-state index contributed by atoms with van der Waals surface area (Å²) < 4.78 is 56.1. The highest BCUT2D eigenvalue weighted by molar-refractivity contribution is 5.33. The molecule has 0 aliphatic carbocycles. The SMILES string of the molecule is CCOc1ccc(C(O)(CO)C(F)(F)F)cc1F. The molecule has 0 spiro atoms. The first kappa shape index (κ1) is 14.7. The van der Waals surface area contributed by atoms with Crippen molar-refractivity contribution in [3.8, 4) is 5.75 Å². The molecule has 1 aromatic carbocycles. The quantitative estimate of drug-likeness (QED) is 0.821. The van der Waals surface area contributed by atoms with E-state index in [1.54, 1.807) is 6.92 Å². The van der Waals surface area contributed by atoms with Crippen LogP contribution in [0.3, 0.4) is 0 Å². The first-order valence-corrected chi connectivity index (χ1v) is 5.09. The molecule has 1 aromatic rings. The molecule has 0 saturated heterocycles. The number of ether oxygens (including phenoxy) is 1. The lowest BCUT2D eigenvalue weighted by molar-refractivity contribution is -0.277. The molecule has 2 N–H and O–H groups in total. The molecular weight excluding hydrogens is 256 g/mol. The Kier molecular flexibility index (Phi) is 4.18. The Bertz CT molecular complexity index is 419. The highest BCUT2D eigenvalue weighted by atomic mass is 19.4. The Morgan fingerprint density at radius 2 is 1.89 bits per heavy atom. The zero-order chi connectivity index (χ0) is 14.0. The number of halogens is 4. The maximum Gasteiger partial charge on any atom is 0.423 e. The highest BCUT2D eigenvalue weighted by Crippen LogP contribution is 2.39. The van der Waals surface area contributed by atoms with E-state index in [1.807, 2.05) is 0 Å². The fourth-order valence-corrected chi connectivity index (χ4v) is 1.38. The third-order valence-corrected chi connectivity index (χ3v) is 2.41. The largest absolute Gasteiger partial charge is 0.491 e. The summed E-state index contributed by atoms with van der Waals surface area (Å²) in [4.78, 5) is 0. The van der Waals surface area contributed by atoms with Crippen LogP contribution in [0.5, 0.6) is 5.75 Å². The molecule has 102 valence electrons. The van der Waals surface area contributed by atoms with E-state index in [4.69, 9.17) is 9.84 Å². The van der Waals surface area contributed by atoms with Crippen LogP contribution in [0.4, 0.5) is 17.6 Å². The maximum absolute atomic E-state index is 13.4. The third kappa shape index (κ3) is 2.56. The normalized spacial score (nSPS) is 15.3. The summed E-state index contributed by atoms with van der Waals surface area (Å²) in [5.74, 6) is -1.26. The van der Waals surface area contributed by atoms with Crippen LogP contribution >= 0.6 is 0 Å². The molecule has 0 heterocycles. The molecule has 0 aromatic heterocycles. The van der Waals surface area contributed by atoms with Gasteiger partial charge in [-0.05, 0) is 24.6 Å². The number of hydrogen-bond donors (Lipinski definition) is 2. The first-order chi connectivity index (χ1) is 8.26. The molecular formula is C11H12F4O3. The third-order valence-electron chi connectivity index (χ3n) is 2.41. The second-order valence-electron chi connectivity index (χ2n) is 3.59. The zero-order valence-electron chi connectivity index (χ0n) is 9.46. The molecule has 1 atom stereocenters. The summed E-state index contributed by atoms with van der Waals surface area (Å²) in [7, 11) is 0. The minimum Gasteiger partial charge on any atom is -0.491 e. The Labute approximate surface area is 101 Å². The molecule has 1 rings (SSSR count). The topological polar surface area (TPSA) is 49.7 Å². The van der Waals surface area contributed by atoms with Gasteiger partial charge in [-0.1, -0.05) is 6.07 Å². The molecule has 3 nitrogen and oxygen atoms in total. The first-order valence-electron chi connectivity index (χ1n) is 5.09. The lowest BCUT2D eigenvalue weighted by Crippen LogP contribution is -2.45. The van der Waals surface area contributed by atoms with E-state index in [2.05, 4.69) is 0 Å². The average molecular weight is 268 g/mol. The van der Waals surface area contributed by atoms with Crippen LogP contribution in [0.25, 0.3) is 0 Å². The van der Waals surface area contributed by atoms with Gasteiger partial charge in [0, 0.05) is 0 Å². The van der Waals surface area contributed by atoms with Crippen molar-refractivity contribution in [2.75, 3.05) is 13.2 Å². The molecule has 0 aliphatic rings. The van der Waals surface area contributed by atoms with Crippen LogP contribution in [0.1, 0.15) is 12.5 Å². The van der Waals surface area contributed by atoms with E-state index in [-0.39, 0.29) is 12.4 Å². The minimum absolute atomic E-state index is 0.153. The lowest BCUT2D eigenvalue weighted by Gasteiger charge is -2.29. The Morgan fingerprint density at radius 3 is 2.28 bits per heavy atom. The predicted molar refractivity (Wildman–Crippen MR) is 54.6 cm³/mol. The number of rotatable bonds is 4. The highest BCUT2D eigenvalue weighted by Gasteiger charge is 2.54. The van der Waals surface area contributed by atoms with Gasteiger partial charge in [0.15, 0.2) is 11.6 Å². The average Bonchev–Trinajstić information content (AvgIpc) is 2.29. The van der Waals surface area contributed by atoms with Gasteiger partial charge in [-0.15, -0.1) is 0 Å². The Morgan fingerprint density at radius 1 is 1.28 bits per heavy atom. The summed E-state index contributed by atoms with van der Waals surface area (Å²) in [6.45, 7) is 0.150. The molecule has 7 heteroatoms. The zero-order valence-corrected chi connectivity index (χ0v) is 9.46. The minimum atomic E-state index is -5.11. The van der Waals surface area contributed by atoms with Gasteiger partial charge in [0.2, 0.25) is 5.60 Å². The number of benzene rings is 1.